The van der Waals surface area contributed by atoms with E-state index in [-0.39, 0.29) is 18.9 Å². The summed E-state index contributed by atoms with van der Waals surface area (Å²) >= 11 is 0. The molecule has 19 heteroatoms. The summed E-state index contributed by atoms with van der Waals surface area (Å²) in [4.78, 5) is 13.5. The van der Waals surface area contributed by atoms with Crippen molar-refractivity contribution in [2.45, 2.75) is 478 Å². The number of amides is 1. The molecule has 0 aliphatic carbocycles. The number of ether oxygens (including phenoxy) is 6. The van der Waals surface area contributed by atoms with Crippen molar-refractivity contribution in [3.8, 4) is 0 Å². The summed E-state index contributed by atoms with van der Waals surface area (Å²) in [5.41, 5.74) is 0. The molecule has 3 fully saturated rings. The van der Waals surface area contributed by atoms with E-state index in [1.165, 1.54) is 270 Å². The number of hydrogen-bond acceptors (Lipinski definition) is 18. The molecule has 3 aliphatic heterocycles. The lowest BCUT2D eigenvalue weighted by Gasteiger charge is -2.48. The van der Waals surface area contributed by atoms with Gasteiger partial charge in [0.15, 0.2) is 18.9 Å². The minimum absolute atomic E-state index is 0.236. The first kappa shape index (κ1) is 98.9. The van der Waals surface area contributed by atoms with Crippen molar-refractivity contribution in [2.75, 3.05) is 26.4 Å². The van der Waals surface area contributed by atoms with Crippen molar-refractivity contribution in [2.24, 2.45) is 0 Å². The van der Waals surface area contributed by atoms with Crippen LogP contribution in [-0.4, -0.2) is 193 Å². The third kappa shape index (κ3) is 47.3. The zero-order chi connectivity index (χ0) is 77.4. The summed E-state index contributed by atoms with van der Waals surface area (Å²) in [5, 5.41) is 121. The van der Waals surface area contributed by atoms with Crippen molar-refractivity contribution in [3.05, 3.63) is 48.6 Å². The minimum Gasteiger partial charge on any atom is -0.394 e. The van der Waals surface area contributed by atoms with Crippen molar-refractivity contribution < 1.29 is 89.4 Å². The van der Waals surface area contributed by atoms with E-state index in [0.29, 0.717) is 12.8 Å². The molecule has 0 spiro atoms. The first-order chi connectivity index (χ1) is 52.3. The van der Waals surface area contributed by atoms with Gasteiger partial charge in [-0.2, -0.15) is 0 Å². The molecule has 17 unspecified atom stereocenters. The highest BCUT2D eigenvalue weighted by atomic mass is 16.8. The average Bonchev–Trinajstić information content (AvgIpc) is 0.780. The van der Waals surface area contributed by atoms with Gasteiger partial charge < -0.3 is 89.9 Å². The maximum Gasteiger partial charge on any atom is 0.220 e. The molecule has 0 bridgehead atoms. The topological polar surface area (TPSA) is 307 Å². The highest BCUT2D eigenvalue weighted by molar-refractivity contribution is 5.76. The number of rotatable bonds is 72. The predicted octanol–water partition coefficient (Wildman–Crippen LogP) is 16.4. The van der Waals surface area contributed by atoms with Gasteiger partial charge in [-0.15, -0.1) is 0 Å². The molecule has 0 aromatic rings. The van der Waals surface area contributed by atoms with E-state index in [2.05, 4.69) is 67.8 Å². The maximum absolute atomic E-state index is 13.5. The molecule has 0 aromatic heterocycles. The minimum atomic E-state index is -1.97. The summed E-state index contributed by atoms with van der Waals surface area (Å²) in [6, 6.07) is -0.889. The van der Waals surface area contributed by atoms with E-state index in [1.807, 2.05) is 0 Å². The second-order valence-electron chi connectivity index (χ2n) is 31.7. The molecule has 3 saturated heterocycles. The fourth-order valence-corrected chi connectivity index (χ4v) is 15.1. The Morgan fingerprint density at radius 2 is 0.645 bits per heavy atom. The lowest BCUT2D eigenvalue weighted by Crippen LogP contribution is -2.66. The molecule has 17 atom stereocenters. The number of hydrogen-bond donors (Lipinski definition) is 12. The van der Waals surface area contributed by atoms with Gasteiger partial charge in [-0.05, 0) is 51.4 Å². The number of carbonyl (C=O) groups is 1. The fraction of sp³-hybridized carbons (Fsp3) is 0.898. The van der Waals surface area contributed by atoms with Crippen LogP contribution in [0.25, 0.3) is 0 Å². The number of aliphatic hydroxyl groups is 11. The molecule has 1 amide bonds. The van der Waals surface area contributed by atoms with E-state index in [0.717, 1.165) is 70.6 Å². The van der Waals surface area contributed by atoms with Crippen LogP contribution in [0.4, 0.5) is 0 Å². The fourth-order valence-electron chi connectivity index (χ4n) is 15.1. The quantitative estimate of drug-likeness (QED) is 0.0199. The Balaban J connectivity index is 1.33. The Morgan fingerprint density at radius 1 is 0.346 bits per heavy atom. The summed E-state index contributed by atoms with van der Waals surface area (Å²) in [7, 11) is 0. The second-order valence-corrected chi connectivity index (χ2v) is 31.7. The van der Waals surface area contributed by atoms with Gasteiger partial charge in [0.2, 0.25) is 5.91 Å². The number of unbranched alkanes of at least 4 members (excludes halogenated alkanes) is 48. The van der Waals surface area contributed by atoms with Gasteiger partial charge in [0.25, 0.3) is 0 Å². The molecule has 0 saturated carbocycles. The van der Waals surface area contributed by atoms with Crippen LogP contribution in [0, 0.1) is 0 Å². The third-order valence-electron chi connectivity index (χ3n) is 22.2. The van der Waals surface area contributed by atoms with Gasteiger partial charge in [0.1, 0.15) is 73.2 Å². The van der Waals surface area contributed by atoms with Crippen LogP contribution >= 0.6 is 0 Å². The van der Waals surface area contributed by atoms with Gasteiger partial charge >= 0.3 is 0 Å². The van der Waals surface area contributed by atoms with Crippen molar-refractivity contribution in [1.82, 2.24) is 5.32 Å². The van der Waals surface area contributed by atoms with Gasteiger partial charge in [0.05, 0.1) is 38.6 Å². The molecule has 12 N–H and O–H groups in total. The van der Waals surface area contributed by atoms with Gasteiger partial charge in [-0.3, -0.25) is 4.79 Å². The average molecular weight is 1520 g/mol. The highest BCUT2D eigenvalue weighted by Gasteiger charge is 2.54. The zero-order valence-corrected chi connectivity index (χ0v) is 67.6. The Hall–Kier alpha value is -2.25. The summed E-state index contributed by atoms with van der Waals surface area (Å²) < 4.78 is 34.6. The summed E-state index contributed by atoms with van der Waals surface area (Å²) in [6.07, 6.45) is 60.7. The zero-order valence-electron chi connectivity index (χ0n) is 67.6. The van der Waals surface area contributed by atoms with Gasteiger partial charge in [-0.25, -0.2) is 0 Å². The summed E-state index contributed by atoms with van der Waals surface area (Å²) in [6.45, 7) is 1.75. The van der Waals surface area contributed by atoms with Crippen LogP contribution in [0.3, 0.4) is 0 Å². The standard InChI is InChI=1S/C88H163NO18/c1-3-5-7-9-11-13-15-17-19-21-23-25-27-29-31-33-35-37-39-41-43-45-47-49-51-53-55-57-59-61-63-65-72(93)71(89-76(94)66-64-62-60-58-56-54-52-50-48-46-44-42-40-38-36-34-32-30-28-26-24-22-20-18-16-14-12-10-8-6-4-2)70-102-86-82(100)79(97)84(74(68-91)104-86)107-88-83(101)80(98)85(75(69-92)105-88)106-87-81(99)78(96)77(95)73(67-90)103-87/h6,8,12,14,18,20,24,26,71-75,77-88,90-93,95-101H,3-5,7,9-11,13,15-17,19,21-23,25,27-70H2,1-2H3,(H,89,94)/b8-6-,14-12-,20-18-,26-24-. The molecule has 3 heterocycles. The van der Waals surface area contributed by atoms with E-state index in [9.17, 15) is 61.0 Å². The van der Waals surface area contributed by atoms with E-state index >= 15 is 0 Å². The molecule has 0 aromatic carbocycles. The molecule has 107 heavy (non-hydrogen) atoms. The number of allylic oxidation sites excluding steroid dienone is 8. The largest absolute Gasteiger partial charge is 0.394 e. The Labute approximate surface area is 650 Å². The number of carbonyl (C=O) groups excluding carboxylic acids is 1. The Morgan fingerprint density at radius 3 is 1.01 bits per heavy atom. The second kappa shape index (κ2) is 68.2. The van der Waals surface area contributed by atoms with Crippen LogP contribution in [0.5, 0.6) is 0 Å². The molecule has 0 radical (unpaired) electrons. The normalized spacial score (nSPS) is 25.7. The molecule has 628 valence electrons. The van der Waals surface area contributed by atoms with Crippen LogP contribution in [0.15, 0.2) is 48.6 Å². The maximum atomic E-state index is 13.5. The number of aliphatic hydroxyl groups excluding tert-OH is 11. The van der Waals surface area contributed by atoms with Crippen LogP contribution in [-0.2, 0) is 33.2 Å². The van der Waals surface area contributed by atoms with E-state index < -0.39 is 124 Å². The molecule has 19 nitrogen and oxygen atoms in total. The highest BCUT2D eigenvalue weighted by Crippen LogP contribution is 2.34. The van der Waals surface area contributed by atoms with E-state index in [4.69, 9.17) is 28.4 Å². The van der Waals surface area contributed by atoms with Gasteiger partial charge in [0, 0.05) is 6.42 Å². The molecular weight excluding hydrogens is 1360 g/mol. The number of nitrogens with one attached hydrogen (secondary N) is 1. The SMILES string of the molecule is CC/C=C\C/C=C\C/C=C\C/C=C\CCCCCCCCCCCCCCCCCCCCC(=O)NC(COC1OC(CO)C(OC2OC(CO)C(OC3OC(CO)C(O)C(O)C3O)C(O)C2O)C(O)C1O)C(O)CCCCCCCCCCCCCCCCCCCCCCCCCCCCCCCCC. The van der Waals surface area contributed by atoms with Gasteiger partial charge in [-0.1, -0.05) is 364 Å². The van der Waals surface area contributed by atoms with Crippen molar-refractivity contribution >= 4 is 5.91 Å². The Bertz CT molecular complexity index is 2120. The Kier molecular flexibility index (Phi) is 63.0. The van der Waals surface area contributed by atoms with Crippen LogP contribution in [0.1, 0.15) is 373 Å². The third-order valence-corrected chi connectivity index (χ3v) is 22.2. The molecule has 3 rings (SSSR count). The first-order valence-corrected chi connectivity index (χ1v) is 44.4. The van der Waals surface area contributed by atoms with Crippen LogP contribution < -0.4 is 5.32 Å². The molecular formula is C88H163NO18. The van der Waals surface area contributed by atoms with Crippen LogP contribution in [0.2, 0.25) is 0 Å². The molecule has 3 aliphatic rings. The lowest BCUT2D eigenvalue weighted by atomic mass is 9.96. The smallest absolute Gasteiger partial charge is 0.220 e. The van der Waals surface area contributed by atoms with E-state index in [1.54, 1.807) is 0 Å². The summed E-state index contributed by atoms with van der Waals surface area (Å²) in [5.74, 6) is -0.236. The van der Waals surface area contributed by atoms with Crippen molar-refractivity contribution in [3.63, 3.8) is 0 Å². The lowest BCUT2D eigenvalue weighted by molar-refractivity contribution is -0.379. The van der Waals surface area contributed by atoms with Crippen molar-refractivity contribution in [1.29, 1.82) is 0 Å². The predicted molar refractivity (Wildman–Crippen MR) is 429 cm³/mol. The first-order valence-electron chi connectivity index (χ1n) is 44.4. The monoisotopic (exact) mass is 1520 g/mol.